The van der Waals surface area contributed by atoms with Gasteiger partial charge in [0.05, 0.1) is 12.8 Å². The number of nitrogen functional groups attached to an aromatic ring is 1. The Morgan fingerprint density at radius 3 is 2.56 bits per heavy atom. The van der Waals surface area contributed by atoms with Crippen LogP contribution in [0.5, 0.6) is 5.75 Å². The van der Waals surface area contributed by atoms with Crippen molar-refractivity contribution in [1.82, 2.24) is 0 Å². The molecule has 0 aromatic heterocycles. The third-order valence-electron chi connectivity index (χ3n) is 2.64. The van der Waals surface area contributed by atoms with Gasteiger partial charge in [0.1, 0.15) is 11.6 Å². The first-order chi connectivity index (χ1) is 8.69. The Kier molecular flexibility index (Phi) is 3.67. The van der Waals surface area contributed by atoms with E-state index in [1.165, 1.54) is 12.1 Å². The standard InChI is InChI=1S/C14H15FN2O/c1-18-14-8-12(6-7-13(14)16)17-9-10-2-4-11(15)5-3-10/h2-8,17H,9,16H2,1H3. The molecular weight excluding hydrogens is 231 g/mol. The van der Waals surface area contributed by atoms with Crippen LogP contribution in [0.4, 0.5) is 15.8 Å². The molecule has 2 rings (SSSR count). The van der Waals surface area contributed by atoms with E-state index in [0.717, 1.165) is 11.3 Å². The molecule has 0 heterocycles. The number of rotatable bonds is 4. The normalized spacial score (nSPS) is 10.1. The number of ether oxygens (including phenoxy) is 1. The summed E-state index contributed by atoms with van der Waals surface area (Å²) in [5.74, 6) is 0.409. The van der Waals surface area contributed by atoms with Crippen LogP contribution in [0.1, 0.15) is 5.56 Å². The minimum Gasteiger partial charge on any atom is -0.495 e. The van der Waals surface area contributed by atoms with E-state index in [4.69, 9.17) is 10.5 Å². The zero-order valence-electron chi connectivity index (χ0n) is 10.1. The molecule has 0 bridgehead atoms. The highest BCUT2D eigenvalue weighted by Gasteiger charge is 2.01. The van der Waals surface area contributed by atoms with E-state index < -0.39 is 0 Å². The molecule has 18 heavy (non-hydrogen) atoms. The Morgan fingerprint density at radius 1 is 1.17 bits per heavy atom. The van der Waals surface area contributed by atoms with E-state index in [2.05, 4.69) is 5.32 Å². The molecule has 0 aliphatic carbocycles. The van der Waals surface area contributed by atoms with Crippen LogP contribution in [0, 0.1) is 5.82 Å². The number of nitrogens with two attached hydrogens (primary N) is 1. The second-order valence-corrected chi connectivity index (χ2v) is 3.94. The lowest BCUT2D eigenvalue weighted by Gasteiger charge is -2.10. The predicted octanol–water partition coefficient (Wildman–Crippen LogP) is 3.03. The van der Waals surface area contributed by atoms with E-state index >= 15 is 0 Å². The van der Waals surface area contributed by atoms with Crippen LogP contribution >= 0.6 is 0 Å². The SMILES string of the molecule is COc1cc(NCc2ccc(F)cc2)ccc1N. The highest BCUT2D eigenvalue weighted by molar-refractivity contribution is 5.61. The molecule has 0 aliphatic heterocycles. The molecule has 0 saturated heterocycles. The van der Waals surface area contributed by atoms with Gasteiger partial charge in [0.25, 0.3) is 0 Å². The first kappa shape index (κ1) is 12.2. The van der Waals surface area contributed by atoms with Gasteiger partial charge in [-0.15, -0.1) is 0 Å². The van der Waals surface area contributed by atoms with E-state index in [9.17, 15) is 4.39 Å². The van der Waals surface area contributed by atoms with Gasteiger partial charge in [-0.05, 0) is 29.8 Å². The summed E-state index contributed by atoms with van der Waals surface area (Å²) in [7, 11) is 1.58. The van der Waals surface area contributed by atoms with Crippen LogP contribution in [0.2, 0.25) is 0 Å². The van der Waals surface area contributed by atoms with E-state index in [0.29, 0.717) is 18.0 Å². The van der Waals surface area contributed by atoms with Gasteiger partial charge in [0, 0.05) is 18.3 Å². The van der Waals surface area contributed by atoms with Crippen molar-refractivity contribution in [1.29, 1.82) is 0 Å². The summed E-state index contributed by atoms with van der Waals surface area (Å²) in [6.07, 6.45) is 0. The Hall–Kier alpha value is -2.23. The first-order valence-corrected chi connectivity index (χ1v) is 5.61. The zero-order valence-corrected chi connectivity index (χ0v) is 10.1. The van der Waals surface area contributed by atoms with Gasteiger partial charge >= 0.3 is 0 Å². The molecular formula is C14H15FN2O. The van der Waals surface area contributed by atoms with Gasteiger partial charge in [0.2, 0.25) is 0 Å². The number of hydrogen-bond donors (Lipinski definition) is 2. The fraction of sp³-hybridized carbons (Fsp3) is 0.143. The molecule has 0 amide bonds. The van der Waals surface area contributed by atoms with E-state index in [1.54, 1.807) is 25.3 Å². The third kappa shape index (κ3) is 2.91. The van der Waals surface area contributed by atoms with E-state index in [1.807, 2.05) is 12.1 Å². The van der Waals surface area contributed by atoms with Gasteiger partial charge < -0.3 is 15.8 Å². The van der Waals surface area contributed by atoms with Gasteiger partial charge in [-0.3, -0.25) is 0 Å². The molecule has 0 fully saturated rings. The van der Waals surface area contributed by atoms with Crippen molar-refractivity contribution in [3.8, 4) is 5.75 Å². The van der Waals surface area contributed by atoms with Crippen LogP contribution in [-0.4, -0.2) is 7.11 Å². The second-order valence-electron chi connectivity index (χ2n) is 3.94. The van der Waals surface area contributed by atoms with Crippen molar-refractivity contribution >= 4 is 11.4 Å². The molecule has 2 aromatic rings. The summed E-state index contributed by atoms with van der Waals surface area (Å²) in [4.78, 5) is 0. The molecule has 3 N–H and O–H groups in total. The Morgan fingerprint density at radius 2 is 1.89 bits per heavy atom. The average molecular weight is 246 g/mol. The Labute approximate surface area is 105 Å². The molecule has 4 heteroatoms. The summed E-state index contributed by atoms with van der Waals surface area (Å²) in [6, 6.07) is 11.9. The lowest BCUT2D eigenvalue weighted by atomic mass is 10.2. The molecule has 2 aromatic carbocycles. The second kappa shape index (κ2) is 5.40. The lowest BCUT2D eigenvalue weighted by molar-refractivity contribution is 0.417. The zero-order chi connectivity index (χ0) is 13.0. The molecule has 0 saturated carbocycles. The van der Waals surface area contributed by atoms with Crippen LogP contribution in [0.3, 0.4) is 0 Å². The Bertz CT molecular complexity index is 526. The largest absolute Gasteiger partial charge is 0.495 e. The van der Waals surface area contributed by atoms with Crippen molar-refractivity contribution in [3.05, 3.63) is 53.8 Å². The number of anilines is 2. The smallest absolute Gasteiger partial charge is 0.143 e. The number of nitrogens with one attached hydrogen (secondary N) is 1. The minimum absolute atomic E-state index is 0.229. The number of halogens is 1. The highest BCUT2D eigenvalue weighted by atomic mass is 19.1. The molecule has 0 spiro atoms. The molecule has 0 atom stereocenters. The molecule has 0 unspecified atom stereocenters. The topological polar surface area (TPSA) is 47.3 Å². The molecule has 0 radical (unpaired) electrons. The maximum atomic E-state index is 12.7. The number of methoxy groups -OCH3 is 1. The summed E-state index contributed by atoms with van der Waals surface area (Å²) in [6.45, 7) is 0.618. The molecule has 0 aliphatic rings. The summed E-state index contributed by atoms with van der Waals surface area (Å²) in [5, 5.41) is 3.22. The van der Waals surface area contributed by atoms with Gasteiger partial charge in [0.15, 0.2) is 0 Å². The number of benzene rings is 2. The summed E-state index contributed by atoms with van der Waals surface area (Å²) >= 11 is 0. The maximum absolute atomic E-state index is 12.7. The molecule has 3 nitrogen and oxygen atoms in total. The predicted molar refractivity (Wildman–Crippen MR) is 71.1 cm³/mol. The quantitative estimate of drug-likeness (QED) is 0.815. The third-order valence-corrected chi connectivity index (χ3v) is 2.64. The minimum atomic E-state index is -0.229. The van der Waals surface area contributed by atoms with Crippen molar-refractivity contribution in [2.24, 2.45) is 0 Å². The van der Waals surface area contributed by atoms with Gasteiger partial charge in [-0.1, -0.05) is 12.1 Å². The van der Waals surface area contributed by atoms with Crippen molar-refractivity contribution in [3.63, 3.8) is 0 Å². The van der Waals surface area contributed by atoms with Crippen LogP contribution in [0.25, 0.3) is 0 Å². The van der Waals surface area contributed by atoms with Crippen LogP contribution in [-0.2, 0) is 6.54 Å². The summed E-state index contributed by atoms with van der Waals surface area (Å²) in [5.41, 5.74) is 8.25. The van der Waals surface area contributed by atoms with Crippen molar-refractivity contribution < 1.29 is 9.13 Å². The van der Waals surface area contributed by atoms with Crippen molar-refractivity contribution in [2.75, 3.05) is 18.2 Å². The fourth-order valence-electron chi connectivity index (χ4n) is 1.63. The van der Waals surface area contributed by atoms with Crippen LogP contribution in [0.15, 0.2) is 42.5 Å². The monoisotopic (exact) mass is 246 g/mol. The lowest BCUT2D eigenvalue weighted by Crippen LogP contribution is -2.00. The number of hydrogen-bond acceptors (Lipinski definition) is 3. The van der Waals surface area contributed by atoms with Gasteiger partial charge in [-0.25, -0.2) is 4.39 Å². The highest BCUT2D eigenvalue weighted by Crippen LogP contribution is 2.25. The van der Waals surface area contributed by atoms with Crippen LogP contribution < -0.4 is 15.8 Å². The summed E-state index contributed by atoms with van der Waals surface area (Å²) < 4.78 is 17.9. The average Bonchev–Trinajstić information content (AvgIpc) is 2.39. The first-order valence-electron chi connectivity index (χ1n) is 5.61. The van der Waals surface area contributed by atoms with Gasteiger partial charge in [-0.2, -0.15) is 0 Å². The van der Waals surface area contributed by atoms with Crippen molar-refractivity contribution in [2.45, 2.75) is 6.54 Å². The maximum Gasteiger partial charge on any atom is 0.143 e. The Balaban J connectivity index is 2.04. The van der Waals surface area contributed by atoms with E-state index in [-0.39, 0.29) is 5.82 Å². The fourth-order valence-corrected chi connectivity index (χ4v) is 1.63. The molecule has 94 valence electrons.